The van der Waals surface area contributed by atoms with Crippen molar-refractivity contribution in [3.8, 4) is 0 Å². The molecule has 0 atom stereocenters. The summed E-state index contributed by atoms with van der Waals surface area (Å²) in [7, 11) is 0. The van der Waals surface area contributed by atoms with Gasteiger partial charge in [-0.2, -0.15) is 0 Å². The Morgan fingerprint density at radius 3 is 1.95 bits per heavy atom. The molecule has 0 unspecified atom stereocenters. The van der Waals surface area contributed by atoms with Crippen molar-refractivity contribution in [1.82, 2.24) is 0 Å². The van der Waals surface area contributed by atoms with Gasteiger partial charge in [-0.3, -0.25) is 0 Å². The Balaban J connectivity index is 1.68. The summed E-state index contributed by atoms with van der Waals surface area (Å²) in [6.45, 7) is 4.53. The van der Waals surface area contributed by atoms with Crippen molar-refractivity contribution in [1.29, 1.82) is 0 Å². The monoisotopic (exact) mass is 282 g/mol. The summed E-state index contributed by atoms with van der Waals surface area (Å²) in [5, 5.41) is 0. The van der Waals surface area contributed by atoms with Gasteiger partial charge in [0, 0.05) is 0 Å². The highest BCUT2D eigenvalue weighted by molar-refractivity contribution is 5.60. The SMILES string of the molecule is CCOC(=O)OC1CCC(C2CCC(CC)CC2)CC1. The van der Waals surface area contributed by atoms with Gasteiger partial charge in [0.25, 0.3) is 0 Å². The van der Waals surface area contributed by atoms with Gasteiger partial charge in [0.15, 0.2) is 0 Å². The average molecular weight is 282 g/mol. The standard InChI is InChI=1S/C17H30O3/c1-3-13-5-7-14(8-6-13)15-9-11-16(12-10-15)20-17(18)19-4-2/h13-16H,3-12H2,1-2H3. The van der Waals surface area contributed by atoms with Gasteiger partial charge in [0.2, 0.25) is 0 Å². The molecule has 0 aromatic rings. The van der Waals surface area contributed by atoms with E-state index in [1.807, 2.05) is 6.92 Å². The zero-order valence-corrected chi connectivity index (χ0v) is 13.1. The van der Waals surface area contributed by atoms with Gasteiger partial charge in [0.1, 0.15) is 6.10 Å². The predicted molar refractivity (Wildman–Crippen MR) is 79.6 cm³/mol. The lowest BCUT2D eigenvalue weighted by molar-refractivity contribution is 0.00166. The van der Waals surface area contributed by atoms with E-state index in [1.165, 1.54) is 44.9 Å². The molecule has 2 rings (SSSR count). The first-order valence-corrected chi connectivity index (χ1v) is 8.56. The highest BCUT2D eigenvalue weighted by atomic mass is 16.7. The molecule has 0 spiro atoms. The number of ether oxygens (including phenoxy) is 2. The Kier molecular flexibility index (Phi) is 6.18. The molecular formula is C17H30O3. The summed E-state index contributed by atoms with van der Waals surface area (Å²) in [5.74, 6) is 2.78. The molecule has 0 amide bonds. The zero-order valence-electron chi connectivity index (χ0n) is 13.1. The molecule has 20 heavy (non-hydrogen) atoms. The molecule has 116 valence electrons. The van der Waals surface area contributed by atoms with E-state index in [-0.39, 0.29) is 6.10 Å². The molecule has 2 aliphatic rings. The first-order valence-electron chi connectivity index (χ1n) is 8.56. The molecule has 2 saturated carbocycles. The van der Waals surface area contributed by atoms with E-state index in [0.29, 0.717) is 6.61 Å². The van der Waals surface area contributed by atoms with Crippen molar-refractivity contribution in [3.63, 3.8) is 0 Å². The molecule has 2 aliphatic carbocycles. The minimum absolute atomic E-state index is 0.0947. The van der Waals surface area contributed by atoms with E-state index in [2.05, 4.69) is 6.92 Å². The van der Waals surface area contributed by atoms with Crippen LogP contribution in [0.5, 0.6) is 0 Å². The average Bonchev–Trinajstić information content (AvgIpc) is 2.48. The van der Waals surface area contributed by atoms with E-state index in [0.717, 1.165) is 30.6 Å². The fourth-order valence-electron chi connectivity index (χ4n) is 4.03. The van der Waals surface area contributed by atoms with Crippen LogP contribution in [-0.2, 0) is 9.47 Å². The second-order valence-electron chi connectivity index (χ2n) is 6.53. The van der Waals surface area contributed by atoms with E-state index in [4.69, 9.17) is 9.47 Å². The number of carbonyl (C=O) groups is 1. The van der Waals surface area contributed by atoms with Crippen LogP contribution in [0.15, 0.2) is 0 Å². The van der Waals surface area contributed by atoms with Crippen molar-refractivity contribution < 1.29 is 14.3 Å². The Morgan fingerprint density at radius 1 is 0.900 bits per heavy atom. The van der Waals surface area contributed by atoms with E-state index in [9.17, 15) is 4.79 Å². The van der Waals surface area contributed by atoms with Crippen molar-refractivity contribution in [2.24, 2.45) is 17.8 Å². The third kappa shape index (κ3) is 4.39. The van der Waals surface area contributed by atoms with E-state index >= 15 is 0 Å². The van der Waals surface area contributed by atoms with Gasteiger partial charge >= 0.3 is 6.16 Å². The molecule has 0 saturated heterocycles. The number of rotatable bonds is 4. The Morgan fingerprint density at radius 2 is 1.45 bits per heavy atom. The zero-order chi connectivity index (χ0) is 14.4. The number of hydrogen-bond donors (Lipinski definition) is 0. The van der Waals surface area contributed by atoms with Crippen molar-refractivity contribution in [2.75, 3.05) is 6.61 Å². The second kappa shape index (κ2) is 7.90. The van der Waals surface area contributed by atoms with Crippen LogP contribution in [0.4, 0.5) is 4.79 Å². The summed E-state index contributed by atoms with van der Waals surface area (Å²) in [6.07, 6.45) is 11.2. The molecule has 3 heteroatoms. The molecule has 0 heterocycles. The summed E-state index contributed by atoms with van der Waals surface area (Å²) < 4.78 is 10.2. The van der Waals surface area contributed by atoms with E-state index in [1.54, 1.807) is 0 Å². The minimum atomic E-state index is -0.487. The fourth-order valence-corrected chi connectivity index (χ4v) is 4.03. The molecule has 0 bridgehead atoms. The summed E-state index contributed by atoms with van der Waals surface area (Å²) in [4.78, 5) is 11.3. The molecule has 0 aromatic carbocycles. The quantitative estimate of drug-likeness (QED) is 0.685. The third-order valence-electron chi connectivity index (χ3n) is 5.38. The third-order valence-corrected chi connectivity index (χ3v) is 5.38. The molecule has 0 aliphatic heterocycles. The lowest BCUT2D eigenvalue weighted by Crippen LogP contribution is -2.29. The van der Waals surface area contributed by atoms with E-state index < -0.39 is 6.16 Å². The number of carbonyl (C=O) groups excluding carboxylic acids is 1. The van der Waals surface area contributed by atoms with Crippen LogP contribution in [0.3, 0.4) is 0 Å². The van der Waals surface area contributed by atoms with Crippen molar-refractivity contribution in [3.05, 3.63) is 0 Å². The number of hydrogen-bond acceptors (Lipinski definition) is 3. The van der Waals surface area contributed by atoms with Crippen LogP contribution in [0.25, 0.3) is 0 Å². The lowest BCUT2D eigenvalue weighted by atomic mass is 9.70. The van der Waals surface area contributed by atoms with Crippen LogP contribution >= 0.6 is 0 Å². The Bertz CT molecular complexity index is 287. The van der Waals surface area contributed by atoms with Crippen LogP contribution in [0, 0.1) is 17.8 Å². The fraction of sp³-hybridized carbons (Fsp3) is 0.941. The van der Waals surface area contributed by atoms with Crippen LogP contribution < -0.4 is 0 Å². The summed E-state index contributed by atoms with van der Waals surface area (Å²) >= 11 is 0. The summed E-state index contributed by atoms with van der Waals surface area (Å²) in [5.41, 5.74) is 0. The largest absolute Gasteiger partial charge is 0.508 e. The van der Waals surface area contributed by atoms with Gasteiger partial charge in [-0.05, 0) is 63.2 Å². The molecule has 3 nitrogen and oxygen atoms in total. The van der Waals surface area contributed by atoms with Crippen LogP contribution in [0.2, 0.25) is 0 Å². The summed E-state index contributed by atoms with van der Waals surface area (Å²) in [6, 6.07) is 0. The van der Waals surface area contributed by atoms with Gasteiger partial charge in [-0.1, -0.05) is 26.2 Å². The molecule has 0 aromatic heterocycles. The Labute approximate surface area is 123 Å². The highest BCUT2D eigenvalue weighted by Crippen LogP contribution is 2.41. The van der Waals surface area contributed by atoms with Crippen LogP contribution in [-0.4, -0.2) is 18.9 Å². The lowest BCUT2D eigenvalue weighted by Gasteiger charge is -2.37. The maximum Gasteiger partial charge on any atom is 0.508 e. The Hall–Kier alpha value is -0.730. The maximum atomic E-state index is 11.3. The van der Waals surface area contributed by atoms with Crippen molar-refractivity contribution in [2.45, 2.75) is 77.7 Å². The normalized spacial score (nSPS) is 34.5. The topological polar surface area (TPSA) is 35.5 Å². The van der Waals surface area contributed by atoms with Gasteiger partial charge in [0.05, 0.1) is 6.61 Å². The molecular weight excluding hydrogens is 252 g/mol. The van der Waals surface area contributed by atoms with Gasteiger partial charge < -0.3 is 9.47 Å². The highest BCUT2D eigenvalue weighted by Gasteiger charge is 2.31. The van der Waals surface area contributed by atoms with Crippen LogP contribution in [0.1, 0.15) is 71.6 Å². The molecule has 0 radical (unpaired) electrons. The molecule has 0 N–H and O–H groups in total. The molecule has 2 fully saturated rings. The smallest absolute Gasteiger partial charge is 0.435 e. The van der Waals surface area contributed by atoms with Gasteiger partial charge in [-0.15, -0.1) is 0 Å². The first kappa shape index (κ1) is 15.7. The maximum absolute atomic E-state index is 11.3. The minimum Gasteiger partial charge on any atom is -0.435 e. The predicted octanol–water partition coefficient (Wildman–Crippen LogP) is 4.93. The second-order valence-corrected chi connectivity index (χ2v) is 6.53. The van der Waals surface area contributed by atoms with Gasteiger partial charge in [-0.25, -0.2) is 4.79 Å². The van der Waals surface area contributed by atoms with Crippen molar-refractivity contribution >= 4 is 6.16 Å². The first-order chi connectivity index (χ1) is 9.72.